The number of piperidine rings is 1. The number of hydrogen-bond acceptors (Lipinski definition) is 3. The maximum absolute atomic E-state index is 12.7. The van der Waals surface area contributed by atoms with E-state index in [-0.39, 0.29) is 24.4 Å². The van der Waals surface area contributed by atoms with Crippen LogP contribution in [0.1, 0.15) is 48.9 Å². The van der Waals surface area contributed by atoms with Crippen LogP contribution in [0.2, 0.25) is 0 Å². The van der Waals surface area contributed by atoms with Crippen molar-refractivity contribution in [3.05, 3.63) is 34.9 Å². The lowest BCUT2D eigenvalue weighted by Crippen LogP contribution is -2.45. The summed E-state index contributed by atoms with van der Waals surface area (Å²) in [6, 6.07) is 6.22. The minimum absolute atomic E-state index is 0.0355. The Kier molecular flexibility index (Phi) is 6.04. The van der Waals surface area contributed by atoms with E-state index in [4.69, 9.17) is 0 Å². The van der Waals surface area contributed by atoms with Crippen LogP contribution in [0.4, 0.5) is 0 Å². The molecule has 1 aliphatic rings. The van der Waals surface area contributed by atoms with Crippen LogP contribution in [-0.4, -0.2) is 38.0 Å². The van der Waals surface area contributed by atoms with E-state index in [1.54, 1.807) is 0 Å². The fraction of sp³-hybridized carbons (Fsp3) is 0.611. The second-order valence-electron chi connectivity index (χ2n) is 6.79. The highest BCUT2D eigenvalue weighted by atomic mass is 32.2. The van der Waals surface area contributed by atoms with Gasteiger partial charge in [0.05, 0.1) is 18.2 Å². The Morgan fingerprint density at radius 1 is 1.38 bits per heavy atom. The van der Waals surface area contributed by atoms with E-state index in [1.165, 1.54) is 21.7 Å². The molecule has 0 bridgehead atoms. The third kappa shape index (κ3) is 4.57. The average Bonchev–Trinajstić information content (AvgIpc) is 2.52. The van der Waals surface area contributed by atoms with Crippen LogP contribution in [0.3, 0.4) is 0 Å². The first kappa shape index (κ1) is 18.9. The number of benzene rings is 1. The summed E-state index contributed by atoms with van der Waals surface area (Å²) >= 11 is 0. The van der Waals surface area contributed by atoms with Gasteiger partial charge in [0.15, 0.2) is 0 Å². The summed E-state index contributed by atoms with van der Waals surface area (Å²) in [5, 5.41) is 3.12. The highest BCUT2D eigenvalue weighted by Crippen LogP contribution is 2.24. The number of hydrogen-bond donors (Lipinski definition) is 1. The molecule has 6 heteroatoms. The van der Waals surface area contributed by atoms with E-state index >= 15 is 0 Å². The van der Waals surface area contributed by atoms with E-state index in [9.17, 15) is 13.2 Å². The lowest BCUT2D eigenvalue weighted by molar-refractivity contribution is -0.126. The summed E-state index contributed by atoms with van der Waals surface area (Å²) in [5.74, 6) is -0.316. The second-order valence-corrected chi connectivity index (χ2v) is 8.77. The molecular weight excluding hydrogens is 324 g/mol. The SMILES string of the molecule is CC[C@@H](NC(=O)[C@@H]1CCCN(S(C)(=O)=O)C1)c1ccc(C)cc1C. The van der Waals surface area contributed by atoms with Gasteiger partial charge in [-0.25, -0.2) is 12.7 Å². The normalized spacial score (nSPS) is 20.6. The molecule has 1 aromatic rings. The second kappa shape index (κ2) is 7.66. The van der Waals surface area contributed by atoms with Crippen molar-refractivity contribution in [1.82, 2.24) is 9.62 Å². The summed E-state index contributed by atoms with van der Waals surface area (Å²) < 4.78 is 24.9. The molecule has 0 aliphatic carbocycles. The molecule has 0 saturated carbocycles. The molecule has 1 amide bonds. The molecular formula is C18H28N2O3S. The van der Waals surface area contributed by atoms with E-state index < -0.39 is 10.0 Å². The van der Waals surface area contributed by atoms with Crippen LogP contribution in [0.15, 0.2) is 18.2 Å². The Morgan fingerprint density at radius 2 is 2.08 bits per heavy atom. The maximum atomic E-state index is 12.7. The fourth-order valence-corrected chi connectivity index (χ4v) is 4.28. The molecule has 0 aromatic heterocycles. The van der Waals surface area contributed by atoms with Gasteiger partial charge in [0, 0.05) is 13.1 Å². The van der Waals surface area contributed by atoms with Crippen molar-refractivity contribution in [2.45, 2.75) is 46.1 Å². The lowest BCUT2D eigenvalue weighted by atomic mass is 9.95. The van der Waals surface area contributed by atoms with E-state index in [2.05, 4.69) is 37.4 Å². The van der Waals surface area contributed by atoms with Crippen LogP contribution in [0, 0.1) is 19.8 Å². The Hall–Kier alpha value is -1.40. The Labute approximate surface area is 145 Å². The number of sulfonamides is 1. The average molecular weight is 353 g/mol. The number of nitrogens with one attached hydrogen (secondary N) is 1. The Morgan fingerprint density at radius 3 is 2.67 bits per heavy atom. The number of aryl methyl sites for hydroxylation is 2. The van der Waals surface area contributed by atoms with Crippen molar-refractivity contribution < 1.29 is 13.2 Å². The van der Waals surface area contributed by atoms with Gasteiger partial charge in [-0.2, -0.15) is 0 Å². The molecule has 0 spiro atoms. The first-order valence-corrected chi connectivity index (χ1v) is 10.4. The van der Waals surface area contributed by atoms with Crippen LogP contribution >= 0.6 is 0 Å². The molecule has 1 aromatic carbocycles. The molecule has 2 atom stereocenters. The molecule has 24 heavy (non-hydrogen) atoms. The molecule has 5 nitrogen and oxygen atoms in total. The lowest BCUT2D eigenvalue weighted by Gasteiger charge is -2.31. The molecule has 1 saturated heterocycles. The van der Waals surface area contributed by atoms with Crippen molar-refractivity contribution in [3.63, 3.8) is 0 Å². The topological polar surface area (TPSA) is 66.5 Å². The van der Waals surface area contributed by atoms with E-state index in [0.29, 0.717) is 6.54 Å². The van der Waals surface area contributed by atoms with Crippen molar-refractivity contribution >= 4 is 15.9 Å². The summed E-state index contributed by atoms with van der Waals surface area (Å²) in [6.45, 7) is 6.96. The first-order valence-electron chi connectivity index (χ1n) is 8.55. The minimum atomic E-state index is -3.24. The molecule has 1 N–H and O–H groups in total. The van der Waals surface area contributed by atoms with Gasteiger partial charge in [-0.3, -0.25) is 4.79 Å². The van der Waals surface area contributed by atoms with Gasteiger partial charge in [-0.15, -0.1) is 0 Å². The van der Waals surface area contributed by atoms with Crippen molar-refractivity contribution in [1.29, 1.82) is 0 Å². The van der Waals surface area contributed by atoms with Gasteiger partial charge in [0.2, 0.25) is 15.9 Å². The van der Waals surface area contributed by atoms with Gasteiger partial charge in [-0.05, 0) is 44.2 Å². The quantitative estimate of drug-likeness (QED) is 0.885. The zero-order valence-electron chi connectivity index (χ0n) is 15.0. The highest BCUT2D eigenvalue weighted by molar-refractivity contribution is 7.88. The fourth-order valence-electron chi connectivity index (χ4n) is 3.36. The molecule has 0 unspecified atom stereocenters. The van der Waals surface area contributed by atoms with E-state index in [1.807, 2.05) is 6.92 Å². The number of amides is 1. The van der Waals surface area contributed by atoms with Gasteiger partial charge in [0.25, 0.3) is 0 Å². The summed E-state index contributed by atoms with van der Waals surface area (Å²) in [7, 11) is -3.24. The molecule has 134 valence electrons. The number of rotatable bonds is 5. The molecule has 2 rings (SSSR count). The standard InChI is InChI=1S/C18H28N2O3S/c1-5-17(16-9-8-13(2)11-14(16)3)19-18(21)15-7-6-10-20(12-15)24(4,22)23/h8-9,11,15,17H,5-7,10,12H2,1-4H3,(H,19,21)/t15-,17-/m1/s1. The van der Waals surface area contributed by atoms with Gasteiger partial charge in [-0.1, -0.05) is 30.7 Å². The Balaban J connectivity index is 2.09. The van der Waals surface area contributed by atoms with Gasteiger partial charge < -0.3 is 5.32 Å². The predicted molar refractivity (Wildman–Crippen MR) is 96.2 cm³/mol. The Bertz CT molecular complexity index is 700. The van der Waals surface area contributed by atoms with Gasteiger partial charge in [0.1, 0.15) is 0 Å². The monoisotopic (exact) mass is 352 g/mol. The van der Waals surface area contributed by atoms with Crippen molar-refractivity contribution in [3.8, 4) is 0 Å². The third-order valence-electron chi connectivity index (χ3n) is 4.75. The summed E-state index contributed by atoms with van der Waals surface area (Å²) in [4.78, 5) is 12.7. The zero-order valence-corrected chi connectivity index (χ0v) is 15.8. The van der Waals surface area contributed by atoms with Gasteiger partial charge >= 0.3 is 0 Å². The zero-order chi connectivity index (χ0) is 17.9. The summed E-state index contributed by atoms with van der Waals surface area (Å²) in [6.07, 6.45) is 3.47. The van der Waals surface area contributed by atoms with Crippen molar-refractivity contribution in [2.75, 3.05) is 19.3 Å². The number of carbonyl (C=O) groups excluding carboxylic acids is 1. The highest BCUT2D eigenvalue weighted by Gasteiger charge is 2.31. The first-order chi connectivity index (χ1) is 11.2. The van der Waals surface area contributed by atoms with Crippen molar-refractivity contribution in [2.24, 2.45) is 5.92 Å². The smallest absolute Gasteiger partial charge is 0.224 e. The maximum Gasteiger partial charge on any atom is 0.224 e. The van der Waals surface area contributed by atoms with Crippen LogP contribution in [-0.2, 0) is 14.8 Å². The van der Waals surface area contributed by atoms with Crippen LogP contribution < -0.4 is 5.32 Å². The largest absolute Gasteiger partial charge is 0.349 e. The van der Waals surface area contributed by atoms with Crippen LogP contribution in [0.25, 0.3) is 0 Å². The molecule has 1 heterocycles. The molecule has 1 aliphatic heterocycles. The van der Waals surface area contributed by atoms with Crippen LogP contribution in [0.5, 0.6) is 0 Å². The number of nitrogens with zero attached hydrogens (tertiary/aromatic N) is 1. The number of carbonyl (C=O) groups is 1. The minimum Gasteiger partial charge on any atom is -0.349 e. The predicted octanol–water partition coefficient (Wildman–Crippen LogP) is 2.54. The van der Waals surface area contributed by atoms with E-state index in [0.717, 1.165) is 24.8 Å². The molecule has 1 fully saturated rings. The molecule has 0 radical (unpaired) electrons. The summed E-state index contributed by atoms with van der Waals surface area (Å²) in [5.41, 5.74) is 3.50. The third-order valence-corrected chi connectivity index (χ3v) is 6.02.